The average molecular weight is 284 g/mol. The number of hydrogen-bond acceptors (Lipinski definition) is 4. The van der Waals surface area contributed by atoms with Crippen molar-refractivity contribution in [2.24, 2.45) is 0 Å². The maximum Gasteiger partial charge on any atom is 0.338 e. The van der Waals surface area contributed by atoms with Crippen LogP contribution in [-0.4, -0.2) is 12.6 Å². The molecule has 4 nitrogen and oxygen atoms in total. The average Bonchev–Trinajstić information content (AvgIpc) is 2.50. The second kappa shape index (κ2) is 6.79. The first-order chi connectivity index (χ1) is 10.1. The van der Waals surface area contributed by atoms with Crippen LogP contribution in [0.4, 0.5) is 17.1 Å². The normalized spacial score (nSPS) is 10.2. The molecule has 0 bridgehead atoms. The van der Waals surface area contributed by atoms with Gasteiger partial charge >= 0.3 is 5.97 Å². The van der Waals surface area contributed by atoms with Crippen molar-refractivity contribution >= 4 is 23.0 Å². The van der Waals surface area contributed by atoms with Crippen LogP contribution < -0.4 is 11.1 Å². The minimum absolute atomic E-state index is 0.345. The van der Waals surface area contributed by atoms with Crippen molar-refractivity contribution in [1.82, 2.24) is 0 Å². The summed E-state index contributed by atoms with van der Waals surface area (Å²) in [5.41, 5.74) is 9.93. The molecule has 0 unspecified atom stereocenters. The fourth-order valence-corrected chi connectivity index (χ4v) is 2.03. The fraction of sp³-hybridized carbons (Fsp3) is 0.235. The SMILES string of the molecule is CCOC(=O)c1ccc(N)c(Nc2cccc(CC)c2)c1. The molecule has 4 heteroatoms. The van der Waals surface area contributed by atoms with Gasteiger partial charge in [0.25, 0.3) is 0 Å². The Morgan fingerprint density at radius 2 is 2.00 bits per heavy atom. The number of nitrogens with two attached hydrogens (primary N) is 1. The Morgan fingerprint density at radius 3 is 2.71 bits per heavy atom. The van der Waals surface area contributed by atoms with Crippen LogP contribution in [0.15, 0.2) is 42.5 Å². The van der Waals surface area contributed by atoms with Gasteiger partial charge in [0.15, 0.2) is 0 Å². The van der Waals surface area contributed by atoms with Crippen molar-refractivity contribution in [2.45, 2.75) is 20.3 Å². The van der Waals surface area contributed by atoms with Crippen LogP contribution in [0.3, 0.4) is 0 Å². The molecule has 0 spiro atoms. The molecular formula is C17H20N2O2. The summed E-state index contributed by atoms with van der Waals surface area (Å²) < 4.78 is 5.00. The van der Waals surface area contributed by atoms with E-state index in [4.69, 9.17) is 10.5 Å². The molecule has 0 saturated carbocycles. The Balaban J connectivity index is 2.26. The number of aryl methyl sites for hydroxylation is 1. The molecule has 0 fully saturated rings. The van der Waals surface area contributed by atoms with Crippen molar-refractivity contribution in [3.05, 3.63) is 53.6 Å². The molecule has 3 N–H and O–H groups in total. The number of anilines is 3. The van der Waals surface area contributed by atoms with Crippen LogP contribution in [-0.2, 0) is 11.2 Å². The number of ether oxygens (including phenoxy) is 1. The molecule has 0 atom stereocenters. The van der Waals surface area contributed by atoms with E-state index in [1.165, 1.54) is 5.56 Å². The lowest BCUT2D eigenvalue weighted by Crippen LogP contribution is -2.06. The molecule has 0 amide bonds. The van der Waals surface area contributed by atoms with Crippen LogP contribution >= 0.6 is 0 Å². The van der Waals surface area contributed by atoms with Gasteiger partial charge in [0, 0.05) is 5.69 Å². The minimum Gasteiger partial charge on any atom is -0.462 e. The van der Waals surface area contributed by atoms with Gasteiger partial charge in [-0.1, -0.05) is 19.1 Å². The van der Waals surface area contributed by atoms with Crippen LogP contribution in [0.25, 0.3) is 0 Å². The van der Waals surface area contributed by atoms with Crippen molar-refractivity contribution < 1.29 is 9.53 Å². The summed E-state index contributed by atoms with van der Waals surface area (Å²) in [6.07, 6.45) is 0.966. The number of hydrogen-bond donors (Lipinski definition) is 2. The van der Waals surface area contributed by atoms with Crippen molar-refractivity contribution in [3.8, 4) is 0 Å². The summed E-state index contributed by atoms with van der Waals surface area (Å²) in [6.45, 7) is 4.24. The van der Waals surface area contributed by atoms with Gasteiger partial charge in [-0.25, -0.2) is 4.79 Å². The smallest absolute Gasteiger partial charge is 0.338 e. The van der Waals surface area contributed by atoms with E-state index in [1.807, 2.05) is 12.1 Å². The molecule has 0 saturated heterocycles. The molecule has 0 aliphatic carbocycles. The first-order valence-corrected chi connectivity index (χ1v) is 7.06. The van der Waals surface area contributed by atoms with E-state index in [1.54, 1.807) is 25.1 Å². The van der Waals surface area contributed by atoms with Crippen LogP contribution in [0.5, 0.6) is 0 Å². The lowest BCUT2D eigenvalue weighted by Gasteiger charge is -2.12. The van der Waals surface area contributed by atoms with E-state index in [0.717, 1.165) is 12.1 Å². The largest absolute Gasteiger partial charge is 0.462 e. The molecular weight excluding hydrogens is 264 g/mol. The topological polar surface area (TPSA) is 64.3 Å². The molecule has 0 aliphatic rings. The highest BCUT2D eigenvalue weighted by molar-refractivity contribution is 5.92. The molecule has 0 heterocycles. The molecule has 2 aromatic carbocycles. The number of carbonyl (C=O) groups excluding carboxylic acids is 1. The van der Waals surface area contributed by atoms with E-state index in [0.29, 0.717) is 23.5 Å². The highest BCUT2D eigenvalue weighted by Gasteiger charge is 2.09. The van der Waals surface area contributed by atoms with Crippen LogP contribution in [0, 0.1) is 0 Å². The Labute approximate surface area is 124 Å². The fourth-order valence-electron chi connectivity index (χ4n) is 2.03. The van der Waals surface area contributed by atoms with Crippen molar-refractivity contribution in [3.63, 3.8) is 0 Å². The first-order valence-electron chi connectivity index (χ1n) is 7.06. The lowest BCUT2D eigenvalue weighted by atomic mass is 10.1. The summed E-state index contributed by atoms with van der Waals surface area (Å²) in [5.74, 6) is -0.345. The summed E-state index contributed by atoms with van der Waals surface area (Å²) in [4.78, 5) is 11.8. The van der Waals surface area contributed by atoms with E-state index < -0.39 is 0 Å². The monoisotopic (exact) mass is 284 g/mol. The first kappa shape index (κ1) is 14.9. The zero-order valence-electron chi connectivity index (χ0n) is 12.3. The third kappa shape index (κ3) is 3.75. The Hall–Kier alpha value is -2.49. The number of carbonyl (C=O) groups is 1. The number of rotatable bonds is 5. The zero-order valence-corrected chi connectivity index (χ0v) is 12.3. The predicted octanol–water partition coefficient (Wildman–Crippen LogP) is 3.75. The summed E-state index contributed by atoms with van der Waals surface area (Å²) in [5, 5.41) is 3.25. The lowest BCUT2D eigenvalue weighted by molar-refractivity contribution is 0.0526. The third-order valence-corrected chi connectivity index (χ3v) is 3.18. The van der Waals surface area contributed by atoms with Gasteiger partial charge in [-0.15, -0.1) is 0 Å². The third-order valence-electron chi connectivity index (χ3n) is 3.18. The van der Waals surface area contributed by atoms with Crippen molar-refractivity contribution in [1.29, 1.82) is 0 Å². The molecule has 0 aliphatic heterocycles. The van der Waals surface area contributed by atoms with E-state index in [2.05, 4.69) is 24.4 Å². The molecule has 0 radical (unpaired) electrons. The molecule has 110 valence electrons. The van der Waals surface area contributed by atoms with Crippen LogP contribution in [0.1, 0.15) is 29.8 Å². The maximum absolute atomic E-state index is 11.8. The zero-order chi connectivity index (χ0) is 15.2. The van der Waals surface area contributed by atoms with E-state index in [9.17, 15) is 4.79 Å². The second-order valence-corrected chi connectivity index (χ2v) is 4.70. The minimum atomic E-state index is -0.345. The van der Waals surface area contributed by atoms with E-state index in [-0.39, 0.29) is 5.97 Å². The molecule has 21 heavy (non-hydrogen) atoms. The van der Waals surface area contributed by atoms with Gasteiger partial charge in [-0.3, -0.25) is 0 Å². The van der Waals surface area contributed by atoms with Gasteiger partial charge < -0.3 is 15.8 Å². The number of esters is 1. The highest BCUT2D eigenvalue weighted by atomic mass is 16.5. The standard InChI is InChI=1S/C17H20N2O2/c1-3-12-6-5-7-14(10-12)19-16-11-13(8-9-15(16)18)17(20)21-4-2/h5-11,19H,3-4,18H2,1-2H3. The number of benzene rings is 2. The summed E-state index contributed by atoms with van der Waals surface area (Å²) >= 11 is 0. The predicted molar refractivity (Wildman–Crippen MR) is 85.9 cm³/mol. The van der Waals surface area contributed by atoms with Gasteiger partial charge in [0.2, 0.25) is 0 Å². The Kier molecular flexibility index (Phi) is 4.82. The van der Waals surface area contributed by atoms with Crippen LogP contribution in [0.2, 0.25) is 0 Å². The van der Waals surface area contributed by atoms with E-state index >= 15 is 0 Å². The number of nitrogens with one attached hydrogen (secondary N) is 1. The van der Waals surface area contributed by atoms with Gasteiger partial charge in [-0.2, -0.15) is 0 Å². The molecule has 2 rings (SSSR count). The summed E-state index contributed by atoms with van der Waals surface area (Å²) in [7, 11) is 0. The van der Waals surface area contributed by atoms with Crippen molar-refractivity contribution in [2.75, 3.05) is 17.7 Å². The second-order valence-electron chi connectivity index (χ2n) is 4.70. The summed E-state index contributed by atoms with van der Waals surface area (Å²) in [6, 6.07) is 13.2. The molecule has 2 aromatic rings. The van der Waals surface area contributed by atoms with Gasteiger partial charge in [-0.05, 0) is 49.2 Å². The Morgan fingerprint density at radius 1 is 1.19 bits per heavy atom. The molecule has 0 aromatic heterocycles. The Bertz CT molecular complexity index is 638. The maximum atomic E-state index is 11.8. The van der Waals surface area contributed by atoms with Gasteiger partial charge in [0.05, 0.1) is 23.5 Å². The quantitative estimate of drug-likeness (QED) is 0.648. The number of nitrogen functional groups attached to an aromatic ring is 1. The highest BCUT2D eigenvalue weighted by Crippen LogP contribution is 2.25. The van der Waals surface area contributed by atoms with Gasteiger partial charge in [0.1, 0.15) is 0 Å².